The summed E-state index contributed by atoms with van der Waals surface area (Å²) in [4.78, 5) is 6.24. The lowest BCUT2D eigenvalue weighted by Gasteiger charge is -2.16. The lowest BCUT2D eigenvalue weighted by Crippen LogP contribution is -2.17. The van der Waals surface area contributed by atoms with Gasteiger partial charge in [0.05, 0.1) is 0 Å². The molecule has 0 N–H and O–H groups in total. The molecule has 90 valence electrons. The third kappa shape index (κ3) is 3.68. The molecule has 0 radical (unpaired) electrons. The molecule has 0 aliphatic rings. The third-order valence-corrected chi connectivity index (χ3v) is 3.66. The minimum atomic E-state index is 0.430. The molecular weight excluding hydrogens is 275 g/mol. The van der Waals surface area contributed by atoms with Gasteiger partial charge >= 0.3 is 0 Å². The van der Waals surface area contributed by atoms with Crippen LogP contribution >= 0.6 is 34.5 Å². The summed E-state index contributed by atoms with van der Waals surface area (Å²) in [7, 11) is 2.06. The quantitative estimate of drug-likeness (QED) is 0.788. The van der Waals surface area contributed by atoms with Crippen molar-refractivity contribution in [1.82, 2.24) is 9.88 Å². The normalized spacial score (nSPS) is 11.1. The zero-order valence-electron chi connectivity index (χ0n) is 9.36. The van der Waals surface area contributed by atoms with Crippen LogP contribution in [-0.2, 0) is 13.1 Å². The van der Waals surface area contributed by atoms with Crippen molar-refractivity contribution >= 4 is 34.5 Å². The largest absolute Gasteiger partial charge is 0.298 e. The molecule has 2 aromatic rings. The molecule has 0 unspecified atom stereocenters. The molecule has 0 aliphatic carbocycles. The van der Waals surface area contributed by atoms with Gasteiger partial charge in [-0.3, -0.25) is 4.90 Å². The van der Waals surface area contributed by atoms with E-state index < -0.39 is 0 Å². The summed E-state index contributed by atoms with van der Waals surface area (Å²) in [6.07, 6.45) is 1.73. The molecule has 2 nitrogen and oxygen atoms in total. The molecule has 0 spiro atoms. The number of aromatic nitrogens is 1. The van der Waals surface area contributed by atoms with Crippen molar-refractivity contribution in [3.63, 3.8) is 0 Å². The van der Waals surface area contributed by atoms with Crippen molar-refractivity contribution in [2.24, 2.45) is 0 Å². The molecular formula is C12H12Cl2N2S. The number of hydrogen-bond donors (Lipinski definition) is 0. The van der Waals surface area contributed by atoms with E-state index in [9.17, 15) is 0 Å². The Hall–Kier alpha value is -0.610. The topological polar surface area (TPSA) is 16.1 Å². The summed E-state index contributed by atoms with van der Waals surface area (Å²) >= 11 is 13.6. The van der Waals surface area contributed by atoms with E-state index in [-0.39, 0.29) is 0 Å². The van der Waals surface area contributed by atoms with Crippen molar-refractivity contribution < 1.29 is 0 Å². The van der Waals surface area contributed by atoms with Crippen LogP contribution in [0.25, 0.3) is 0 Å². The van der Waals surface area contributed by atoms with E-state index in [1.807, 2.05) is 0 Å². The molecule has 0 aliphatic heterocycles. The van der Waals surface area contributed by atoms with Crippen LogP contribution in [0.4, 0.5) is 0 Å². The van der Waals surface area contributed by atoms with Crippen LogP contribution in [0.15, 0.2) is 29.1 Å². The molecule has 2 heterocycles. The van der Waals surface area contributed by atoms with Crippen LogP contribution in [-0.4, -0.2) is 16.9 Å². The van der Waals surface area contributed by atoms with Gasteiger partial charge in [0.1, 0.15) is 5.15 Å². The summed E-state index contributed by atoms with van der Waals surface area (Å²) in [6.45, 7) is 1.67. The highest BCUT2D eigenvalue weighted by molar-refractivity contribution is 7.07. The molecule has 0 saturated carbocycles. The van der Waals surface area contributed by atoms with Gasteiger partial charge in [-0.2, -0.15) is 11.3 Å². The van der Waals surface area contributed by atoms with Crippen LogP contribution in [0.1, 0.15) is 11.1 Å². The van der Waals surface area contributed by atoms with E-state index in [4.69, 9.17) is 23.2 Å². The van der Waals surface area contributed by atoms with Gasteiger partial charge in [0.2, 0.25) is 0 Å². The minimum absolute atomic E-state index is 0.430. The molecule has 0 fully saturated rings. The standard InChI is InChI=1S/C12H12Cl2N2S/c1-16(6-9-2-3-17-8-9)7-10-5-15-12(14)4-11(10)13/h2-5,8H,6-7H2,1H3. The molecule has 0 saturated heterocycles. The first-order valence-electron chi connectivity index (χ1n) is 5.14. The Bertz CT molecular complexity index is 485. The van der Waals surface area contributed by atoms with Gasteiger partial charge in [-0.25, -0.2) is 4.98 Å². The Morgan fingerprint density at radius 2 is 2.18 bits per heavy atom. The molecule has 0 atom stereocenters. The smallest absolute Gasteiger partial charge is 0.130 e. The number of rotatable bonds is 4. The lowest BCUT2D eigenvalue weighted by molar-refractivity contribution is 0.319. The molecule has 2 aromatic heterocycles. The SMILES string of the molecule is CN(Cc1ccsc1)Cc1cnc(Cl)cc1Cl. The predicted octanol–water partition coefficient (Wildman–Crippen LogP) is 4.08. The fraction of sp³-hybridized carbons (Fsp3) is 0.250. The number of pyridine rings is 1. The summed E-state index contributed by atoms with van der Waals surface area (Å²) in [5.74, 6) is 0. The predicted molar refractivity (Wildman–Crippen MR) is 73.7 cm³/mol. The van der Waals surface area contributed by atoms with Gasteiger partial charge in [-0.15, -0.1) is 0 Å². The first-order chi connectivity index (χ1) is 8.15. The van der Waals surface area contributed by atoms with Gasteiger partial charge < -0.3 is 0 Å². The first kappa shape index (κ1) is 12.8. The number of nitrogens with zero attached hydrogens (tertiary/aromatic N) is 2. The second-order valence-electron chi connectivity index (χ2n) is 3.90. The van der Waals surface area contributed by atoms with Crippen molar-refractivity contribution in [2.45, 2.75) is 13.1 Å². The summed E-state index contributed by atoms with van der Waals surface area (Å²) < 4.78 is 0. The molecule has 17 heavy (non-hydrogen) atoms. The zero-order valence-corrected chi connectivity index (χ0v) is 11.7. The van der Waals surface area contributed by atoms with Crippen molar-refractivity contribution in [1.29, 1.82) is 0 Å². The fourth-order valence-electron chi connectivity index (χ4n) is 1.59. The highest BCUT2D eigenvalue weighted by Crippen LogP contribution is 2.20. The average Bonchev–Trinajstić information content (AvgIpc) is 2.75. The Kier molecular flexibility index (Phi) is 4.40. The van der Waals surface area contributed by atoms with Crippen LogP contribution in [0, 0.1) is 0 Å². The van der Waals surface area contributed by atoms with Gasteiger partial charge in [0, 0.05) is 29.9 Å². The van der Waals surface area contributed by atoms with Crippen molar-refractivity contribution in [3.8, 4) is 0 Å². The number of hydrogen-bond acceptors (Lipinski definition) is 3. The summed E-state index contributed by atoms with van der Waals surface area (Å²) in [5.41, 5.74) is 2.31. The maximum atomic E-state index is 6.11. The van der Waals surface area contributed by atoms with Crippen LogP contribution in [0.3, 0.4) is 0 Å². The fourth-order valence-corrected chi connectivity index (χ4v) is 2.68. The van der Waals surface area contributed by atoms with E-state index in [0.717, 1.165) is 18.7 Å². The molecule has 0 aromatic carbocycles. The highest BCUT2D eigenvalue weighted by Gasteiger charge is 2.06. The Morgan fingerprint density at radius 1 is 1.35 bits per heavy atom. The number of thiophene rings is 1. The maximum Gasteiger partial charge on any atom is 0.130 e. The van der Waals surface area contributed by atoms with E-state index in [1.54, 1.807) is 23.6 Å². The van der Waals surface area contributed by atoms with Crippen molar-refractivity contribution in [3.05, 3.63) is 50.4 Å². The van der Waals surface area contributed by atoms with Crippen LogP contribution in [0.5, 0.6) is 0 Å². The van der Waals surface area contributed by atoms with E-state index >= 15 is 0 Å². The summed E-state index contributed by atoms with van der Waals surface area (Å²) in [5, 5.41) is 5.33. The maximum absolute atomic E-state index is 6.11. The Balaban J connectivity index is 2.00. The third-order valence-electron chi connectivity index (χ3n) is 2.37. The van der Waals surface area contributed by atoms with E-state index in [0.29, 0.717) is 10.2 Å². The molecule has 2 rings (SSSR count). The molecule has 0 amide bonds. The molecule has 5 heteroatoms. The monoisotopic (exact) mass is 286 g/mol. The van der Waals surface area contributed by atoms with Crippen molar-refractivity contribution in [2.75, 3.05) is 7.05 Å². The van der Waals surface area contributed by atoms with E-state index in [1.165, 1.54) is 5.56 Å². The van der Waals surface area contributed by atoms with E-state index in [2.05, 4.69) is 33.8 Å². The van der Waals surface area contributed by atoms with Gasteiger partial charge in [-0.1, -0.05) is 23.2 Å². The molecule has 0 bridgehead atoms. The summed E-state index contributed by atoms with van der Waals surface area (Å²) in [6, 6.07) is 3.81. The zero-order chi connectivity index (χ0) is 12.3. The minimum Gasteiger partial charge on any atom is -0.298 e. The lowest BCUT2D eigenvalue weighted by atomic mass is 10.2. The Morgan fingerprint density at radius 3 is 2.82 bits per heavy atom. The first-order valence-corrected chi connectivity index (χ1v) is 6.84. The van der Waals surface area contributed by atoms with Crippen LogP contribution < -0.4 is 0 Å². The van der Waals surface area contributed by atoms with Gasteiger partial charge in [-0.05, 0) is 35.5 Å². The van der Waals surface area contributed by atoms with Crippen LogP contribution in [0.2, 0.25) is 10.2 Å². The van der Waals surface area contributed by atoms with Gasteiger partial charge in [0.15, 0.2) is 0 Å². The van der Waals surface area contributed by atoms with Gasteiger partial charge in [0.25, 0.3) is 0 Å². The number of halogens is 2. The second-order valence-corrected chi connectivity index (χ2v) is 5.48. The highest BCUT2D eigenvalue weighted by atomic mass is 35.5. The Labute approximate surface area is 115 Å². The average molecular weight is 287 g/mol. The second kappa shape index (κ2) is 5.83.